The van der Waals surface area contributed by atoms with Crippen molar-refractivity contribution in [3.05, 3.63) is 33.8 Å². The van der Waals surface area contributed by atoms with Crippen molar-refractivity contribution in [2.75, 3.05) is 7.11 Å². The first-order valence-corrected chi connectivity index (χ1v) is 9.30. The molecule has 1 aromatic rings. The summed E-state index contributed by atoms with van der Waals surface area (Å²) in [5.41, 5.74) is 0.587. The third-order valence-electron chi connectivity index (χ3n) is 3.78. The third-order valence-corrected chi connectivity index (χ3v) is 5.31. The maximum atomic E-state index is 11.7. The van der Waals surface area contributed by atoms with Crippen LogP contribution in [0.1, 0.15) is 38.4 Å². The molecule has 130 valence electrons. The summed E-state index contributed by atoms with van der Waals surface area (Å²) >= 11 is 12.1. The fraction of sp³-hybridized carbons (Fsp3) is 0.571. The Hall–Kier alpha value is -0.410. The van der Waals surface area contributed by atoms with Crippen LogP contribution >= 0.6 is 23.2 Å². The molecule has 0 spiro atoms. The summed E-state index contributed by atoms with van der Waals surface area (Å²) in [7, 11) is -2.89. The summed E-state index contributed by atoms with van der Waals surface area (Å²) in [5.74, 6) is -0.894. The molecule has 0 aromatic heterocycles. The van der Waals surface area contributed by atoms with Crippen molar-refractivity contribution < 1.29 is 22.1 Å². The molecule has 1 N–H and O–H groups in total. The van der Waals surface area contributed by atoms with Crippen molar-refractivity contribution in [3.8, 4) is 0 Å². The van der Waals surface area contributed by atoms with Gasteiger partial charge in [-0.2, -0.15) is 13.1 Å². The molecule has 2 rings (SSSR count). The van der Waals surface area contributed by atoms with E-state index in [1.165, 1.54) is 0 Å². The molecule has 9 heteroatoms. The lowest BCUT2D eigenvalue weighted by Crippen LogP contribution is -2.40. The second kappa shape index (κ2) is 7.23. The van der Waals surface area contributed by atoms with Crippen LogP contribution in [0.5, 0.6) is 0 Å². The number of halogens is 2. The van der Waals surface area contributed by atoms with Crippen molar-refractivity contribution in [1.82, 2.24) is 4.72 Å². The predicted molar refractivity (Wildman–Crippen MR) is 87.5 cm³/mol. The Labute approximate surface area is 146 Å². The van der Waals surface area contributed by atoms with E-state index in [-0.39, 0.29) is 0 Å². The summed E-state index contributed by atoms with van der Waals surface area (Å²) < 4.78 is 42.1. The molecule has 0 radical (unpaired) electrons. The zero-order chi connectivity index (χ0) is 17.3. The highest BCUT2D eigenvalue weighted by atomic mass is 35.5. The van der Waals surface area contributed by atoms with E-state index in [0.717, 1.165) is 7.11 Å². The van der Waals surface area contributed by atoms with Gasteiger partial charge in [0.05, 0.1) is 7.11 Å². The summed E-state index contributed by atoms with van der Waals surface area (Å²) in [6.45, 7) is 3.80. The summed E-state index contributed by atoms with van der Waals surface area (Å²) in [6, 6.07) is 4.92. The quantitative estimate of drug-likeness (QED) is 0.814. The molecular formula is C14H19Cl2NO5S. The van der Waals surface area contributed by atoms with E-state index in [1.54, 1.807) is 18.2 Å². The second-order valence-corrected chi connectivity index (χ2v) is 7.42. The zero-order valence-corrected chi connectivity index (χ0v) is 15.3. The van der Waals surface area contributed by atoms with E-state index < -0.39 is 28.4 Å². The Morgan fingerprint density at radius 1 is 1.26 bits per heavy atom. The lowest BCUT2D eigenvalue weighted by molar-refractivity contribution is -0.180. The monoisotopic (exact) mass is 383 g/mol. The zero-order valence-electron chi connectivity index (χ0n) is 13.0. The van der Waals surface area contributed by atoms with Gasteiger partial charge in [-0.25, -0.2) is 0 Å². The Morgan fingerprint density at radius 2 is 1.91 bits per heavy atom. The number of ether oxygens (including phenoxy) is 2. The molecule has 1 aromatic carbocycles. The number of hydrogen-bond donors (Lipinski definition) is 1. The SMILES string of the molecule is CCC1(CC)OC(NS(=O)(=O)OC)C(c2ccc(Cl)cc2Cl)O1. The Balaban J connectivity index is 2.40. The first-order chi connectivity index (χ1) is 10.8. The van der Waals surface area contributed by atoms with Crippen LogP contribution in [0.25, 0.3) is 0 Å². The fourth-order valence-electron chi connectivity index (χ4n) is 2.43. The molecule has 0 aliphatic carbocycles. The average Bonchev–Trinajstić information content (AvgIpc) is 2.86. The average molecular weight is 384 g/mol. The molecule has 23 heavy (non-hydrogen) atoms. The number of rotatable bonds is 6. The molecule has 1 heterocycles. The minimum atomic E-state index is -3.96. The highest BCUT2D eigenvalue weighted by Gasteiger charge is 2.48. The van der Waals surface area contributed by atoms with Gasteiger partial charge >= 0.3 is 10.3 Å². The van der Waals surface area contributed by atoms with E-state index in [4.69, 9.17) is 32.7 Å². The molecule has 2 unspecified atom stereocenters. The predicted octanol–water partition coefficient (Wildman–Crippen LogP) is 3.40. The highest BCUT2D eigenvalue weighted by molar-refractivity contribution is 7.84. The van der Waals surface area contributed by atoms with E-state index >= 15 is 0 Å². The van der Waals surface area contributed by atoms with Crippen LogP contribution in [0.2, 0.25) is 10.0 Å². The van der Waals surface area contributed by atoms with Crippen LogP contribution in [0.4, 0.5) is 0 Å². The summed E-state index contributed by atoms with van der Waals surface area (Å²) in [4.78, 5) is 0. The van der Waals surface area contributed by atoms with E-state index in [9.17, 15) is 8.42 Å². The fourth-order valence-corrected chi connectivity index (χ4v) is 3.50. The van der Waals surface area contributed by atoms with Crippen LogP contribution < -0.4 is 4.72 Å². The molecule has 6 nitrogen and oxygen atoms in total. The molecule has 0 bridgehead atoms. The second-order valence-electron chi connectivity index (χ2n) is 5.10. The van der Waals surface area contributed by atoms with Gasteiger partial charge in [0.1, 0.15) is 6.10 Å². The maximum absolute atomic E-state index is 11.7. The number of hydrogen-bond acceptors (Lipinski definition) is 5. The van der Waals surface area contributed by atoms with Crippen LogP contribution in [-0.4, -0.2) is 27.5 Å². The topological polar surface area (TPSA) is 73.9 Å². The third kappa shape index (κ3) is 4.17. The lowest BCUT2D eigenvalue weighted by Gasteiger charge is -2.25. The number of benzene rings is 1. The van der Waals surface area contributed by atoms with Gasteiger partial charge in [0.15, 0.2) is 12.0 Å². The highest BCUT2D eigenvalue weighted by Crippen LogP contribution is 2.43. The molecule has 0 saturated carbocycles. The van der Waals surface area contributed by atoms with Gasteiger partial charge in [-0.3, -0.25) is 4.18 Å². The minimum absolute atomic E-state index is 0.371. The van der Waals surface area contributed by atoms with Gasteiger partial charge in [0.2, 0.25) is 0 Å². The molecule has 0 amide bonds. The van der Waals surface area contributed by atoms with Gasteiger partial charge in [-0.1, -0.05) is 43.1 Å². The van der Waals surface area contributed by atoms with Crippen molar-refractivity contribution in [2.45, 2.75) is 44.8 Å². The molecule has 2 atom stereocenters. The smallest absolute Gasteiger partial charge is 0.337 e. The Kier molecular flexibility index (Phi) is 5.94. The molecule has 1 aliphatic heterocycles. The van der Waals surface area contributed by atoms with Gasteiger partial charge in [-0.15, -0.1) is 0 Å². The largest absolute Gasteiger partial charge is 0.338 e. The van der Waals surface area contributed by atoms with Crippen LogP contribution in [0.3, 0.4) is 0 Å². The van der Waals surface area contributed by atoms with Gasteiger partial charge in [0, 0.05) is 15.6 Å². The van der Waals surface area contributed by atoms with Crippen molar-refractivity contribution in [3.63, 3.8) is 0 Å². The Bertz CT molecular complexity index is 663. The normalized spacial score (nSPS) is 24.0. The van der Waals surface area contributed by atoms with E-state index in [0.29, 0.717) is 28.5 Å². The van der Waals surface area contributed by atoms with E-state index in [2.05, 4.69) is 8.91 Å². The molecule has 1 saturated heterocycles. The molecule has 1 aliphatic rings. The first-order valence-electron chi connectivity index (χ1n) is 7.14. The van der Waals surface area contributed by atoms with Crippen LogP contribution in [0, 0.1) is 0 Å². The van der Waals surface area contributed by atoms with Crippen molar-refractivity contribution in [2.24, 2.45) is 0 Å². The van der Waals surface area contributed by atoms with Gasteiger partial charge in [0.25, 0.3) is 0 Å². The molecule has 1 fully saturated rings. The maximum Gasteiger partial charge on any atom is 0.337 e. The first kappa shape index (κ1) is 18.9. The van der Waals surface area contributed by atoms with Gasteiger partial charge < -0.3 is 9.47 Å². The summed E-state index contributed by atoms with van der Waals surface area (Å²) in [6.07, 6.45) is -0.574. The minimum Gasteiger partial charge on any atom is -0.338 e. The van der Waals surface area contributed by atoms with Crippen molar-refractivity contribution in [1.29, 1.82) is 0 Å². The van der Waals surface area contributed by atoms with E-state index in [1.807, 2.05) is 13.8 Å². The number of nitrogens with one attached hydrogen (secondary N) is 1. The Morgan fingerprint density at radius 3 is 2.43 bits per heavy atom. The van der Waals surface area contributed by atoms with Gasteiger partial charge in [-0.05, 0) is 25.0 Å². The van der Waals surface area contributed by atoms with Crippen molar-refractivity contribution >= 4 is 33.5 Å². The van der Waals surface area contributed by atoms with Crippen LogP contribution in [-0.2, 0) is 24.0 Å². The van der Waals surface area contributed by atoms with Crippen LogP contribution in [0.15, 0.2) is 18.2 Å². The summed E-state index contributed by atoms with van der Waals surface area (Å²) in [5, 5.41) is 0.847. The molecular weight excluding hydrogens is 365 g/mol. The standard InChI is InChI=1S/C14H19Cl2NO5S/c1-4-14(5-2)21-12(10-7-6-9(15)8-11(10)16)13(22-14)17-23(18,19)20-3/h6-8,12-13,17H,4-5H2,1-3H3. The lowest BCUT2D eigenvalue weighted by atomic mass is 10.1.